The first kappa shape index (κ1) is 22.4. The molecule has 0 unspecified atom stereocenters. The fraction of sp³-hybridized carbons (Fsp3) is 0.381. The van der Waals surface area contributed by atoms with Crippen LogP contribution in [0.3, 0.4) is 0 Å². The molecule has 9 heteroatoms. The van der Waals surface area contributed by atoms with Gasteiger partial charge in [0.05, 0.1) is 30.6 Å². The van der Waals surface area contributed by atoms with Gasteiger partial charge in [-0.2, -0.15) is 4.31 Å². The molecule has 1 N–H and O–H groups in total. The summed E-state index contributed by atoms with van der Waals surface area (Å²) in [5, 5.41) is 9.80. The van der Waals surface area contributed by atoms with E-state index in [-0.39, 0.29) is 17.9 Å². The molecule has 2 aromatic carbocycles. The minimum atomic E-state index is -3.95. The van der Waals surface area contributed by atoms with Gasteiger partial charge >= 0.3 is 5.97 Å². The lowest BCUT2D eigenvalue weighted by molar-refractivity contribution is -0.138. The highest BCUT2D eigenvalue weighted by molar-refractivity contribution is 7.89. The zero-order chi connectivity index (χ0) is 21.9. The van der Waals surface area contributed by atoms with Crippen molar-refractivity contribution in [3.63, 3.8) is 0 Å². The molecule has 1 aliphatic heterocycles. The van der Waals surface area contributed by atoms with Crippen molar-refractivity contribution in [3.05, 3.63) is 52.5 Å². The number of hydrogen-bond donors (Lipinski definition) is 1. The average molecular weight is 454 g/mol. The summed E-state index contributed by atoms with van der Waals surface area (Å²) in [6.45, 7) is 4.69. The summed E-state index contributed by atoms with van der Waals surface area (Å²) >= 11 is 5.99. The molecule has 0 radical (unpaired) electrons. The SMILES string of the molecule is CCOc1cc2c(cc1OCC)[C@H](CC(=O)O)N(S(=O)(=O)c1cccc(Cl)c1)CC2. The lowest BCUT2D eigenvalue weighted by Crippen LogP contribution is -2.41. The van der Waals surface area contributed by atoms with Crippen LogP contribution >= 0.6 is 11.6 Å². The number of nitrogens with zero attached hydrogens (tertiary/aromatic N) is 1. The number of sulfonamides is 1. The van der Waals surface area contributed by atoms with Crippen LogP contribution in [0.15, 0.2) is 41.3 Å². The second-order valence-corrected chi connectivity index (χ2v) is 9.13. The van der Waals surface area contributed by atoms with Gasteiger partial charge in [-0.05, 0) is 61.7 Å². The van der Waals surface area contributed by atoms with Crippen molar-refractivity contribution in [2.24, 2.45) is 0 Å². The molecule has 0 fully saturated rings. The summed E-state index contributed by atoms with van der Waals surface area (Å²) in [4.78, 5) is 11.7. The Bertz CT molecular complexity index is 1040. The molecule has 0 spiro atoms. The maximum absolute atomic E-state index is 13.3. The molecule has 162 valence electrons. The Labute approximate surface area is 181 Å². The van der Waals surface area contributed by atoms with Crippen molar-refractivity contribution in [2.75, 3.05) is 19.8 Å². The minimum absolute atomic E-state index is 0.0322. The molecular formula is C21H24ClNO6S. The van der Waals surface area contributed by atoms with E-state index in [9.17, 15) is 18.3 Å². The zero-order valence-corrected chi connectivity index (χ0v) is 18.4. The van der Waals surface area contributed by atoms with Crippen LogP contribution in [-0.2, 0) is 21.2 Å². The van der Waals surface area contributed by atoms with Crippen LogP contribution in [0.25, 0.3) is 0 Å². The molecular weight excluding hydrogens is 430 g/mol. The molecule has 2 aromatic rings. The van der Waals surface area contributed by atoms with Gasteiger partial charge < -0.3 is 14.6 Å². The third kappa shape index (κ3) is 4.55. The van der Waals surface area contributed by atoms with Gasteiger partial charge in [0.1, 0.15) is 0 Å². The van der Waals surface area contributed by atoms with Gasteiger partial charge in [-0.1, -0.05) is 17.7 Å². The molecule has 30 heavy (non-hydrogen) atoms. The normalized spacial score (nSPS) is 16.7. The van der Waals surface area contributed by atoms with Crippen molar-refractivity contribution >= 4 is 27.6 Å². The van der Waals surface area contributed by atoms with E-state index in [0.29, 0.717) is 41.7 Å². The van der Waals surface area contributed by atoms with Crippen molar-refractivity contribution < 1.29 is 27.8 Å². The summed E-state index contributed by atoms with van der Waals surface area (Å²) in [7, 11) is -3.95. The van der Waals surface area contributed by atoms with Gasteiger partial charge in [0.25, 0.3) is 0 Å². The third-order valence-electron chi connectivity index (χ3n) is 4.88. The third-order valence-corrected chi connectivity index (χ3v) is 7.02. The molecule has 3 rings (SSSR count). The number of halogens is 1. The minimum Gasteiger partial charge on any atom is -0.490 e. The monoisotopic (exact) mass is 453 g/mol. The highest BCUT2D eigenvalue weighted by Crippen LogP contribution is 2.42. The van der Waals surface area contributed by atoms with Crippen LogP contribution in [0.4, 0.5) is 0 Å². The first-order valence-corrected chi connectivity index (χ1v) is 11.5. The van der Waals surface area contributed by atoms with Crippen LogP contribution < -0.4 is 9.47 Å². The van der Waals surface area contributed by atoms with Crippen molar-refractivity contribution in [2.45, 2.75) is 37.6 Å². The highest BCUT2D eigenvalue weighted by atomic mass is 35.5. The van der Waals surface area contributed by atoms with Gasteiger partial charge in [0, 0.05) is 11.6 Å². The molecule has 1 aliphatic rings. The number of rotatable bonds is 8. The van der Waals surface area contributed by atoms with E-state index in [2.05, 4.69) is 0 Å². The number of benzene rings is 2. The Balaban J connectivity index is 2.11. The molecule has 0 amide bonds. The first-order valence-electron chi connectivity index (χ1n) is 9.69. The molecule has 1 heterocycles. The Morgan fingerprint density at radius 2 is 1.83 bits per heavy atom. The zero-order valence-electron chi connectivity index (χ0n) is 16.8. The van der Waals surface area contributed by atoms with E-state index in [1.807, 2.05) is 19.9 Å². The maximum atomic E-state index is 13.3. The van der Waals surface area contributed by atoms with Crippen LogP contribution in [0.1, 0.15) is 37.4 Å². The Kier molecular flexibility index (Phi) is 6.90. The average Bonchev–Trinajstić information content (AvgIpc) is 2.68. The summed E-state index contributed by atoms with van der Waals surface area (Å²) < 4.78 is 39.3. The molecule has 0 bridgehead atoms. The predicted molar refractivity (Wildman–Crippen MR) is 113 cm³/mol. The Hall–Kier alpha value is -2.29. The number of hydrogen-bond acceptors (Lipinski definition) is 5. The van der Waals surface area contributed by atoms with Crippen LogP contribution in [0.5, 0.6) is 11.5 Å². The van der Waals surface area contributed by atoms with E-state index < -0.39 is 22.0 Å². The van der Waals surface area contributed by atoms with Crippen LogP contribution in [0, 0.1) is 0 Å². The first-order chi connectivity index (χ1) is 14.3. The summed E-state index contributed by atoms with van der Waals surface area (Å²) in [5.41, 5.74) is 1.46. The number of carbonyl (C=O) groups is 1. The molecule has 0 saturated carbocycles. The van der Waals surface area contributed by atoms with E-state index in [1.54, 1.807) is 18.2 Å². The van der Waals surface area contributed by atoms with E-state index in [1.165, 1.54) is 16.4 Å². The van der Waals surface area contributed by atoms with Gasteiger partial charge in [0.15, 0.2) is 11.5 Å². The quantitative estimate of drug-likeness (QED) is 0.651. The molecule has 0 aliphatic carbocycles. The van der Waals surface area contributed by atoms with Crippen molar-refractivity contribution in [3.8, 4) is 11.5 Å². The van der Waals surface area contributed by atoms with Gasteiger partial charge in [-0.25, -0.2) is 8.42 Å². The topological polar surface area (TPSA) is 93.1 Å². The highest BCUT2D eigenvalue weighted by Gasteiger charge is 2.38. The maximum Gasteiger partial charge on any atom is 0.305 e. The van der Waals surface area contributed by atoms with Crippen molar-refractivity contribution in [1.82, 2.24) is 4.31 Å². The summed E-state index contributed by atoms with van der Waals surface area (Å²) in [6, 6.07) is 8.63. The molecule has 7 nitrogen and oxygen atoms in total. The van der Waals surface area contributed by atoms with Gasteiger partial charge in [-0.15, -0.1) is 0 Å². The number of fused-ring (bicyclic) bond motifs is 1. The lowest BCUT2D eigenvalue weighted by atomic mass is 9.91. The van der Waals surface area contributed by atoms with Gasteiger partial charge in [-0.3, -0.25) is 4.79 Å². The van der Waals surface area contributed by atoms with Gasteiger partial charge in [0.2, 0.25) is 10.0 Å². The van der Waals surface area contributed by atoms with Crippen LogP contribution in [-0.4, -0.2) is 43.6 Å². The standard InChI is InChI=1S/C21H24ClNO6S/c1-3-28-19-10-14-8-9-23(30(26,27)16-7-5-6-15(22)11-16)18(13-21(24)25)17(14)12-20(19)29-4-2/h5-7,10-12,18H,3-4,8-9,13H2,1-2H3,(H,24,25)/t18-/m0/s1. The molecule has 0 aromatic heterocycles. The second kappa shape index (κ2) is 9.24. The summed E-state index contributed by atoms with van der Waals surface area (Å²) in [6.07, 6.45) is 0.0596. The van der Waals surface area contributed by atoms with E-state index in [4.69, 9.17) is 21.1 Å². The number of aliphatic carboxylic acids is 1. The fourth-order valence-corrected chi connectivity index (χ4v) is 5.56. The number of ether oxygens (including phenoxy) is 2. The largest absolute Gasteiger partial charge is 0.490 e. The Morgan fingerprint density at radius 3 is 2.43 bits per heavy atom. The lowest BCUT2D eigenvalue weighted by Gasteiger charge is -2.36. The predicted octanol–water partition coefficient (Wildman–Crippen LogP) is 3.90. The Morgan fingerprint density at radius 1 is 1.17 bits per heavy atom. The number of carboxylic acid groups (broad SMARTS) is 1. The molecule has 0 saturated heterocycles. The number of carboxylic acids is 1. The summed E-state index contributed by atoms with van der Waals surface area (Å²) in [5.74, 6) is -0.0557. The smallest absolute Gasteiger partial charge is 0.305 e. The van der Waals surface area contributed by atoms with E-state index in [0.717, 1.165) is 5.56 Å². The van der Waals surface area contributed by atoms with Crippen LogP contribution in [0.2, 0.25) is 5.02 Å². The van der Waals surface area contributed by atoms with E-state index >= 15 is 0 Å². The fourth-order valence-electron chi connectivity index (χ4n) is 3.65. The second-order valence-electron chi connectivity index (χ2n) is 6.80. The molecule has 1 atom stereocenters. The van der Waals surface area contributed by atoms with Crippen molar-refractivity contribution in [1.29, 1.82) is 0 Å².